The lowest BCUT2D eigenvalue weighted by atomic mass is 10.1. The van der Waals surface area contributed by atoms with Gasteiger partial charge in [-0.05, 0) is 25.1 Å². The van der Waals surface area contributed by atoms with Gasteiger partial charge >= 0.3 is 11.8 Å². The third kappa shape index (κ3) is 4.06. The Balaban J connectivity index is 1.39. The minimum atomic E-state index is -0.480. The molecule has 0 aliphatic carbocycles. The van der Waals surface area contributed by atoms with E-state index in [9.17, 15) is 4.79 Å². The molecule has 11 heteroatoms. The Hall–Kier alpha value is -3.97. The van der Waals surface area contributed by atoms with Crippen LogP contribution in [0.4, 0.5) is 0 Å². The second-order valence-electron chi connectivity index (χ2n) is 6.49. The molecule has 1 unspecified atom stereocenters. The standard InChI is InChI=1S/C19H15ClN8O2/c1-11(24-18(29)19-25-17(27-30-19)16-8-22-10-23-16)9-28-5-4-15(26-28)12-2-3-13(7-21)14(20)6-12/h2-6,8,10-11H,9H2,1H3,(H,22,23)(H,24,29). The predicted octanol–water partition coefficient (Wildman–Crippen LogP) is 2.67. The van der Waals surface area contributed by atoms with Crippen LogP contribution in [0.3, 0.4) is 0 Å². The highest BCUT2D eigenvalue weighted by atomic mass is 35.5. The number of hydrogen-bond acceptors (Lipinski definition) is 7. The maximum atomic E-state index is 12.3. The number of amides is 1. The van der Waals surface area contributed by atoms with E-state index in [0.717, 1.165) is 5.56 Å². The molecule has 0 fully saturated rings. The third-order valence-corrected chi connectivity index (χ3v) is 4.54. The molecule has 4 rings (SSSR count). The van der Waals surface area contributed by atoms with Crippen LogP contribution in [-0.2, 0) is 6.54 Å². The molecule has 10 nitrogen and oxygen atoms in total. The average molecular weight is 423 g/mol. The number of nitrogens with zero attached hydrogens (tertiary/aromatic N) is 6. The molecule has 0 saturated carbocycles. The predicted molar refractivity (Wildman–Crippen MR) is 106 cm³/mol. The fourth-order valence-corrected chi connectivity index (χ4v) is 3.02. The maximum Gasteiger partial charge on any atom is 0.316 e. The van der Waals surface area contributed by atoms with Crippen LogP contribution in [0.2, 0.25) is 5.02 Å². The fraction of sp³-hybridized carbons (Fsp3) is 0.158. The zero-order valence-electron chi connectivity index (χ0n) is 15.7. The van der Waals surface area contributed by atoms with Gasteiger partial charge in [-0.25, -0.2) is 4.98 Å². The lowest BCUT2D eigenvalue weighted by Crippen LogP contribution is -2.36. The second-order valence-corrected chi connectivity index (χ2v) is 6.90. The van der Waals surface area contributed by atoms with E-state index in [1.54, 1.807) is 29.1 Å². The Morgan fingerprint density at radius 3 is 3.03 bits per heavy atom. The molecular weight excluding hydrogens is 408 g/mol. The molecule has 0 radical (unpaired) electrons. The van der Waals surface area contributed by atoms with E-state index in [4.69, 9.17) is 21.4 Å². The molecule has 1 aromatic carbocycles. The zero-order chi connectivity index (χ0) is 21.1. The molecule has 150 valence electrons. The first-order chi connectivity index (χ1) is 14.5. The van der Waals surface area contributed by atoms with Crippen molar-refractivity contribution < 1.29 is 9.32 Å². The highest BCUT2D eigenvalue weighted by molar-refractivity contribution is 6.32. The monoisotopic (exact) mass is 422 g/mol. The first kappa shape index (κ1) is 19.4. The van der Waals surface area contributed by atoms with Crippen molar-refractivity contribution in [2.24, 2.45) is 0 Å². The molecule has 3 aromatic heterocycles. The van der Waals surface area contributed by atoms with Gasteiger partial charge in [0.2, 0.25) is 5.82 Å². The number of hydrogen-bond donors (Lipinski definition) is 2. The third-order valence-electron chi connectivity index (χ3n) is 4.22. The number of benzene rings is 1. The van der Waals surface area contributed by atoms with Crippen molar-refractivity contribution >= 4 is 17.5 Å². The average Bonchev–Trinajstić information content (AvgIpc) is 3.48. The van der Waals surface area contributed by atoms with Gasteiger partial charge < -0.3 is 14.8 Å². The van der Waals surface area contributed by atoms with E-state index >= 15 is 0 Å². The van der Waals surface area contributed by atoms with Crippen LogP contribution < -0.4 is 5.32 Å². The quantitative estimate of drug-likeness (QED) is 0.487. The van der Waals surface area contributed by atoms with Gasteiger partial charge in [-0.2, -0.15) is 15.3 Å². The molecule has 1 atom stereocenters. The Morgan fingerprint density at radius 1 is 1.43 bits per heavy atom. The lowest BCUT2D eigenvalue weighted by Gasteiger charge is -2.12. The van der Waals surface area contributed by atoms with Gasteiger partial charge in [-0.15, -0.1) is 0 Å². The molecule has 0 saturated heterocycles. The van der Waals surface area contributed by atoms with Gasteiger partial charge in [0.25, 0.3) is 0 Å². The zero-order valence-corrected chi connectivity index (χ0v) is 16.5. The molecular formula is C19H15ClN8O2. The maximum absolute atomic E-state index is 12.3. The smallest absolute Gasteiger partial charge is 0.316 e. The number of nitriles is 1. The molecule has 0 bridgehead atoms. The molecule has 4 aromatic rings. The summed E-state index contributed by atoms with van der Waals surface area (Å²) in [5.74, 6) is -0.366. The fourth-order valence-electron chi connectivity index (χ4n) is 2.80. The van der Waals surface area contributed by atoms with Crippen molar-refractivity contribution in [3.63, 3.8) is 0 Å². The van der Waals surface area contributed by atoms with Gasteiger partial charge in [0.15, 0.2) is 0 Å². The topological polar surface area (TPSA) is 138 Å². The summed E-state index contributed by atoms with van der Waals surface area (Å²) in [5, 5.41) is 20.4. The van der Waals surface area contributed by atoms with Crippen LogP contribution in [0.1, 0.15) is 23.2 Å². The Labute approximate surface area is 175 Å². The number of carbonyl (C=O) groups excluding carboxylic acids is 1. The number of halogens is 1. The van der Waals surface area contributed by atoms with E-state index in [1.165, 1.54) is 12.5 Å². The first-order valence-corrected chi connectivity index (χ1v) is 9.28. The lowest BCUT2D eigenvalue weighted by molar-refractivity contribution is 0.0891. The number of nitrogens with one attached hydrogen (secondary N) is 2. The van der Waals surface area contributed by atoms with Gasteiger partial charge in [-0.3, -0.25) is 9.48 Å². The van der Waals surface area contributed by atoms with Crippen LogP contribution in [0.25, 0.3) is 22.8 Å². The van der Waals surface area contributed by atoms with E-state index in [2.05, 4.69) is 30.5 Å². The number of aromatic nitrogens is 6. The second kappa shape index (κ2) is 8.18. The number of H-pyrrole nitrogens is 1. The summed E-state index contributed by atoms with van der Waals surface area (Å²) < 4.78 is 6.72. The summed E-state index contributed by atoms with van der Waals surface area (Å²) in [6, 6.07) is 8.75. The normalized spacial score (nSPS) is 11.8. The van der Waals surface area contributed by atoms with E-state index in [1.807, 2.05) is 19.1 Å². The molecule has 30 heavy (non-hydrogen) atoms. The van der Waals surface area contributed by atoms with Crippen LogP contribution in [0.15, 0.2) is 47.5 Å². The summed E-state index contributed by atoms with van der Waals surface area (Å²) in [6.45, 7) is 2.27. The van der Waals surface area contributed by atoms with Crippen LogP contribution in [-0.4, -0.2) is 41.8 Å². The summed E-state index contributed by atoms with van der Waals surface area (Å²) in [6.07, 6.45) is 4.82. The van der Waals surface area contributed by atoms with Crippen LogP contribution in [0, 0.1) is 11.3 Å². The molecule has 3 heterocycles. The largest absolute Gasteiger partial charge is 0.344 e. The Kier molecular flexibility index (Phi) is 5.28. The molecule has 0 aliphatic rings. The first-order valence-electron chi connectivity index (χ1n) is 8.90. The number of carbonyl (C=O) groups is 1. The summed E-state index contributed by atoms with van der Waals surface area (Å²) >= 11 is 6.09. The van der Waals surface area contributed by atoms with E-state index in [0.29, 0.717) is 28.5 Å². The van der Waals surface area contributed by atoms with Crippen molar-refractivity contribution in [3.05, 3.63) is 59.5 Å². The number of imidazole rings is 1. The van der Waals surface area contributed by atoms with Gasteiger partial charge in [0.05, 0.1) is 35.3 Å². The summed E-state index contributed by atoms with van der Waals surface area (Å²) in [5.41, 5.74) is 2.47. The molecule has 0 aliphatic heterocycles. The van der Waals surface area contributed by atoms with Gasteiger partial charge in [0, 0.05) is 17.8 Å². The van der Waals surface area contributed by atoms with Crippen molar-refractivity contribution in [1.29, 1.82) is 5.26 Å². The van der Waals surface area contributed by atoms with Crippen molar-refractivity contribution in [2.75, 3.05) is 0 Å². The SMILES string of the molecule is CC(Cn1ccc(-c2ccc(C#N)c(Cl)c2)n1)NC(=O)c1nc(-c2cnc[nH]2)no1. The minimum Gasteiger partial charge on any atom is -0.344 e. The molecule has 1 amide bonds. The van der Waals surface area contributed by atoms with Crippen LogP contribution >= 0.6 is 11.6 Å². The Morgan fingerprint density at radius 2 is 2.30 bits per heavy atom. The van der Waals surface area contributed by atoms with E-state index in [-0.39, 0.29) is 17.8 Å². The number of rotatable bonds is 6. The van der Waals surface area contributed by atoms with Gasteiger partial charge in [0.1, 0.15) is 11.8 Å². The van der Waals surface area contributed by atoms with Crippen molar-refractivity contribution in [3.8, 4) is 28.8 Å². The molecule has 0 spiro atoms. The van der Waals surface area contributed by atoms with Crippen molar-refractivity contribution in [2.45, 2.75) is 19.5 Å². The van der Waals surface area contributed by atoms with Crippen LogP contribution in [0.5, 0.6) is 0 Å². The van der Waals surface area contributed by atoms with E-state index < -0.39 is 5.91 Å². The minimum absolute atomic E-state index is 0.139. The highest BCUT2D eigenvalue weighted by Crippen LogP contribution is 2.24. The highest BCUT2D eigenvalue weighted by Gasteiger charge is 2.19. The van der Waals surface area contributed by atoms with Gasteiger partial charge in [-0.1, -0.05) is 22.8 Å². The summed E-state index contributed by atoms with van der Waals surface area (Å²) in [7, 11) is 0. The molecule has 2 N–H and O–H groups in total. The number of aromatic amines is 1. The van der Waals surface area contributed by atoms with Crippen molar-refractivity contribution in [1.82, 2.24) is 35.2 Å². The Bertz CT molecular complexity index is 1220. The summed E-state index contributed by atoms with van der Waals surface area (Å²) in [4.78, 5) is 23.1.